The summed E-state index contributed by atoms with van der Waals surface area (Å²) in [5.74, 6) is -1.80. The van der Waals surface area contributed by atoms with Gasteiger partial charge >= 0.3 is 6.18 Å². The van der Waals surface area contributed by atoms with Crippen LogP contribution in [0.15, 0.2) is 66.7 Å². The van der Waals surface area contributed by atoms with Crippen molar-refractivity contribution in [2.45, 2.75) is 6.18 Å². The topological polar surface area (TPSA) is 20.3 Å². The van der Waals surface area contributed by atoms with E-state index in [4.69, 9.17) is 0 Å². The third-order valence-corrected chi connectivity index (χ3v) is 4.34. The fourth-order valence-electron chi connectivity index (χ4n) is 3.02. The summed E-state index contributed by atoms with van der Waals surface area (Å²) in [7, 11) is 2.82. The van der Waals surface area contributed by atoms with Gasteiger partial charge in [-0.2, -0.15) is 13.2 Å². The highest BCUT2D eigenvalue weighted by Crippen LogP contribution is 2.39. The molecule has 0 aromatic heterocycles. The van der Waals surface area contributed by atoms with E-state index in [9.17, 15) is 22.4 Å². The quantitative estimate of drug-likeness (QED) is 0.514. The molecule has 0 aliphatic carbocycles. The molecule has 0 saturated carbocycles. The van der Waals surface area contributed by atoms with Gasteiger partial charge in [0.15, 0.2) is 0 Å². The highest BCUT2D eigenvalue weighted by molar-refractivity contribution is 6.03. The molecule has 3 aromatic rings. The fraction of sp³-hybridized carbons (Fsp3) is 0.136. The van der Waals surface area contributed by atoms with Gasteiger partial charge in [0.1, 0.15) is 5.82 Å². The van der Waals surface area contributed by atoms with Crippen LogP contribution in [0.5, 0.6) is 0 Å². The number of hydrogen-bond donors (Lipinski definition) is 0. The fourth-order valence-corrected chi connectivity index (χ4v) is 3.02. The van der Waals surface area contributed by atoms with Gasteiger partial charge in [-0.1, -0.05) is 54.6 Å². The second-order valence-corrected chi connectivity index (χ2v) is 6.49. The zero-order valence-corrected chi connectivity index (χ0v) is 15.2. The average Bonchev–Trinajstić information content (AvgIpc) is 2.66. The van der Waals surface area contributed by atoms with Gasteiger partial charge in [0.2, 0.25) is 0 Å². The van der Waals surface area contributed by atoms with Crippen LogP contribution >= 0.6 is 0 Å². The van der Waals surface area contributed by atoms with E-state index >= 15 is 0 Å². The predicted molar refractivity (Wildman–Crippen MR) is 100 cm³/mol. The Morgan fingerprint density at radius 3 is 2.00 bits per heavy atom. The summed E-state index contributed by atoms with van der Waals surface area (Å²) in [6.45, 7) is 0. The summed E-state index contributed by atoms with van der Waals surface area (Å²) in [5.41, 5.74) is 0.0586. The third-order valence-electron chi connectivity index (χ3n) is 4.34. The summed E-state index contributed by atoms with van der Waals surface area (Å²) in [5, 5.41) is 0. The van der Waals surface area contributed by atoms with Gasteiger partial charge in [0.25, 0.3) is 5.91 Å². The molecule has 0 saturated heterocycles. The Morgan fingerprint density at radius 2 is 1.43 bits per heavy atom. The molecule has 1 amide bonds. The van der Waals surface area contributed by atoms with Gasteiger partial charge in [0.05, 0.1) is 11.1 Å². The zero-order chi connectivity index (χ0) is 20.5. The van der Waals surface area contributed by atoms with Crippen LogP contribution in [0.1, 0.15) is 15.9 Å². The van der Waals surface area contributed by atoms with Crippen LogP contribution in [0.25, 0.3) is 22.3 Å². The lowest BCUT2D eigenvalue weighted by molar-refractivity contribution is -0.137. The van der Waals surface area contributed by atoms with E-state index in [0.29, 0.717) is 23.3 Å². The lowest BCUT2D eigenvalue weighted by atomic mass is 9.90. The van der Waals surface area contributed by atoms with Crippen molar-refractivity contribution in [3.05, 3.63) is 83.7 Å². The largest absolute Gasteiger partial charge is 0.416 e. The van der Waals surface area contributed by atoms with Gasteiger partial charge in [-0.05, 0) is 28.8 Å². The molecule has 2 nitrogen and oxygen atoms in total. The molecule has 3 rings (SSSR count). The van der Waals surface area contributed by atoms with E-state index in [1.807, 2.05) is 18.2 Å². The van der Waals surface area contributed by atoms with E-state index in [0.717, 1.165) is 10.5 Å². The Labute approximate surface area is 160 Å². The molecule has 0 heterocycles. The SMILES string of the molecule is CN(C)C(=O)c1cc(C(F)(F)F)cc(F)c1-c1ccccc1-c1ccccc1. The van der Waals surface area contributed by atoms with Gasteiger partial charge in [-0.3, -0.25) is 4.79 Å². The number of rotatable bonds is 3. The molecule has 3 aromatic carbocycles. The maximum absolute atomic E-state index is 15.0. The second-order valence-electron chi connectivity index (χ2n) is 6.49. The van der Waals surface area contributed by atoms with Crippen molar-refractivity contribution in [2.75, 3.05) is 14.1 Å². The first-order valence-electron chi connectivity index (χ1n) is 8.47. The van der Waals surface area contributed by atoms with Crippen LogP contribution in [-0.4, -0.2) is 24.9 Å². The van der Waals surface area contributed by atoms with Gasteiger partial charge < -0.3 is 4.90 Å². The summed E-state index contributed by atoms with van der Waals surface area (Å²) in [4.78, 5) is 13.7. The summed E-state index contributed by atoms with van der Waals surface area (Å²) in [6, 6.07) is 17.0. The summed E-state index contributed by atoms with van der Waals surface area (Å²) < 4.78 is 54.6. The monoisotopic (exact) mass is 387 g/mol. The molecular weight excluding hydrogens is 370 g/mol. The Kier molecular flexibility index (Phi) is 5.23. The zero-order valence-electron chi connectivity index (χ0n) is 15.2. The number of halogens is 4. The molecule has 28 heavy (non-hydrogen) atoms. The van der Waals surface area contributed by atoms with Crippen LogP contribution in [0.2, 0.25) is 0 Å². The highest BCUT2D eigenvalue weighted by Gasteiger charge is 2.34. The molecule has 0 aliphatic heterocycles. The molecule has 0 atom stereocenters. The first-order chi connectivity index (χ1) is 13.2. The minimum atomic E-state index is -4.76. The van der Waals surface area contributed by atoms with E-state index < -0.39 is 23.5 Å². The van der Waals surface area contributed by atoms with Crippen LogP contribution in [0, 0.1) is 5.82 Å². The first-order valence-corrected chi connectivity index (χ1v) is 8.47. The van der Waals surface area contributed by atoms with Crippen molar-refractivity contribution in [1.29, 1.82) is 0 Å². The average molecular weight is 387 g/mol. The van der Waals surface area contributed by atoms with Crippen molar-refractivity contribution in [3.8, 4) is 22.3 Å². The Balaban J connectivity index is 2.33. The number of amides is 1. The van der Waals surface area contributed by atoms with Crippen LogP contribution in [0.4, 0.5) is 17.6 Å². The lowest BCUT2D eigenvalue weighted by Crippen LogP contribution is -2.23. The maximum atomic E-state index is 15.0. The van der Waals surface area contributed by atoms with E-state index in [-0.39, 0.29) is 11.1 Å². The molecular formula is C22H17F4NO. The van der Waals surface area contributed by atoms with Gasteiger partial charge in [-0.15, -0.1) is 0 Å². The second kappa shape index (κ2) is 7.46. The summed E-state index contributed by atoms with van der Waals surface area (Å²) in [6.07, 6.45) is -4.76. The van der Waals surface area contributed by atoms with Crippen LogP contribution in [-0.2, 0) is 6.18 Å². The van der Waals surface area contributed by atoms with E-state index in [1.54, 1.807) is 36.4 Å². The van der Waals surface area contributed by atoms with Gasteiger partial charge in [-0.25, -0.2) is 4.39 Å². The molecule has 0 bridgehead atoms. The molecule has 6 heteroatoms. The molecule has 0 N–H and O–H groups in total. The molecule has 0 unspecified atom stereocenters. The smallest absolute Gasteiger partial charge is 0.345 e. The van der Waals surface area contributed by atoms with Crippen molar-refractivity contribution in [3.63, 3.8) is 0 Å². The predicted octanol–water partition coefficient (Wildman–Crippen LogP) is 5.88. The van der Waals surface area contributed by atoms with Crippen molar-refractivity contribution in [2.24, 2.45) is 0 Å². The van der Waals surface area contributed by atoms with Crippen molar-refractivity contribution in [1.82, 2.24) is 4.90 Å². The maximum Gasteiger partial charge on any atom is 0.416 e. The minimum Gasteiger partial charge on any atom is -0.345 e. The normalized spacial score (nSPS) is 11.4. The molecule has 0 aliphatic rings. The molecule has 0 fully saturated rings. The number of carbonyl (C=O) groups excluding carboxylic acids is 1. The number of nitrogens with zero attached hydrogens (tertiary/aromatic N) is 1. The third kappa shape index (κ3) is 3.76. The standard InChI is InChI=1S/C22H17F4NO/c1-27(2)21(28)18-12-15(22(24,25)26)13-19(23)20(18)17-11-7-6-10-16(17)14-8-4-3-5-9-14/h3-13H,1-2H3. The Bertz CT molecular complexity index is 1010. The number of benzene rings is 3. The van der Waals surface area contributed by atoms with E-state index in [1.165, 1.54) is 14.1 Å². The molecule has 0 spiro atoms. The van der Waals surface area contributed by atoms with Crippen molar-refractivity contribution >= 4 is 5.91 Å². The summed E-state index contributed by atoms with van der Waals surface area (Å²) >= 11 is 0. The van der Waals surface area contributed by atoms with Crippen molar-refractivity contribution < 1.29 is 22.4 Å². The first kappa shape index (κ1) is 19.6. The molecule has 0 radical (unpaired) electrons. The molecule has 144 valence electrons. The highest BCUT2D eigenvalue weighted by atomic mass is 19.4. The number of carbonyl (C=O) groups is 1. The minimum absolute atomic E-state index is 0.147. The van der Waals surface area contributed by atoms with Gasteiger partial charge in [0, 0.05) is 19.7 Å². The van der Waals surface area contributed by atoms with E-state index in [2.05, 4.69) is 0 Å². The van der Waals surface area contributed by atoms with Crippen LogP contribution < -0.4 is 0 Å². The lowest BCUT2D eigenvalue weighted by Gasteiger charge is -2.19. The Hall–Kier alpha value is -3.15. The number of alkyl halides is 3. The Morgan fingerprint density at radius 1 is 0.857 bits per heavy atom. The van der Waals surface area contributed by atoms with Crippen LogP contribution in [0.3, 0.4) is 0 Å². The number of hydrogen-bond acceptors (Lipinski definition) is 1.